The second kappa shape index (κ2) is 7.44. The van der Waals surface area contributed by atoms with Crippen molar-refractivity contribution in [2.75, 3.05) is 0 Å². The number of aliphatic hydroxyl groups is 1. The van der Waals surface area contributed by atoms with Crippen LogP contribution in [0.15, 0.2) is 47.4 Å². The van der Waals surface area contributed by atoms with Crippen LogP contribution < -0.4 is 10.9 Å². The van der Waals surface area contributed by atoms with Crippen molar-refractivity contribution in [2.24, 2.45) is 0 Å². The maximum atomic E-state index is 12.1. The molecule has 2 atom stereocenters. The molecule has 2 N–H and O–H groups in total. The second-order valence-corrected chi connectivity index (χ2v) is 5.91. The molecule has 6 heteroatoms. The molecule has 122 valence electrons. The topological polar surface area (TPSA) is 71.3 Å². The molecule has 2 aromatic rings. The Morgan fingerprint density at radius 3 is 2.61 bits per heavy atom. The minimum absolute atomic E-state index is 0.0851. The van der Waals surface area contributed by atoms with Crippen LogP contribution in [-0.4, -0.2) is 21.6 Å². The molecule has 1 aromatic heterocycles. The van der Waals surface area contributed by atoms with E-state index in [1.807, 2.05) is 0 Å². The summed E-state index contributed by atoms with van der Waals surface area (Å²) in [4.78, 5) is 24.0. The van der Waals surface area contributed by atoms with Crippen molar-refractivity contribution in [3.8, 4) is 0 Å². The fourth-order valence-electron chi connectivity index (χ4n) is 2.26. The van der Waals surface area contributed by atoms with Gasteiger partial charge in [-0.2, -0.15) is 0 Å². The number of aryl methyl sites for hydroxylation is 1. The molecule has 0 radical (unpaired) electrons. The van der Waals surface area contributed by atoms with E-state index in [-0.39, 0.29) is 18.0 Å². The van der Waals surface area contributed by atoms with E-state index in [0.29, 0.717) is 16.1 Å². The number of pyridine rings is 1. The molecule has 1 heterocycles. The van der Waals surface area contributed by atoms with Gasteiger partial charge in [-0.15, -0.1) is 0 Å². The first-order valence-electron chi connectivity index (χ1n) is 7.27. The number of hydrogen-bond acceptors (Lipinski definition) is 3. The largest absolute Gasteiger partial charge is 0.386 e. The number of rotatable bonds is 5. The highest BCUT2D eigenvalue weighted by Crippen LogP contribution is 2.19. The fraction of sp³-hybridized carbons (Fsp3) is 0.294. The maximum Gasteiger partial charge on any atom is 0.253 e. The molecule has 23 heavy (non-hydrogen) atoms. The van der Waals surface area contributed by atoms with Crippen LogP contribution in [0.25, 0.3) is 0 Å². The van der Waals surface area contributed by atoms with Gasteiger partial charge < -0.3 is 15.0 Å². The first kappa shape index (κ1) is 17.2. The van der Waals surface area contributed by atoms with E-state index < -0.39 is 12.1 Å². The molecule has 2 unspecified atom stereocenters. The Kier molecular flexibility index (Phi) is 5.58. The Morgan fingerprint density at radius 1 is 1.30 bits per heavy atom. The first-order chi connectivity index (χ1) is 10.9. The van der Waals surface area contributed by atoms with Gasteiger partial charge in [0.05, 0.1) is 12.1 Å². The lowest BCUT2D eigenvalue weighted by Crippen LogP contribution is -2.40. The fourth-order valence-corrected chi connectivity index (χ4v) is 2.39. The van der Waals surface area contributed by atoms with Crippen LogP contribution in [0.3, 0.4) is 0 Å². The number of amides is 1. The Morgan fingerprint density at radius 2 is 1.96 bits per heavy atom. The van der Waals surface area contributed by atoms with Gasteiger partial charge >= 0.3 is 0 Å². The zero-order chi connectivity index (χ0) is 17.0. The molecule has 1 amide bonds. The SMILES string of the molecule is Cc1cccn(CC(=O)NC(C)C(O)c2ccc(Cl)cc2)c1=O. The van der Waals surface area contributed by atoms with Crippen molar-refractivity contribution in [3.63, 3.8) is 0 Å². The summed E-state index contributed by atoms with van der Waals surface area (Å²) in [6, 6.07) is 9.70. The van der Waals surface area contributed by atoms with Gasteiger partial charge in [0, 0.05) is 16.8 Å². The molecule has 0 fully saturated rings. The molecule has 0 bridgehead atoms. The van der Waals surface area contributed by atoms with Crippen LogP contribution in [-0.2, 0) is 11.3 Å². The number of nitrogens with zero attached hydrogens (tertiary/aromatic N) is 1. The van der Waals surface area contributed by atoms with Gasteiger partial charge in [-0.3, -0.25) is 9.59 Å². The van der Waals surface area contributed by atoms with E-state index in [2.05, 4.69) is 5.32 Å². The van der Waals surface area contributed by atoms with Crippen LogP contribution in [0.5, 0.6) is 0 Å². The summed E-state index contributed by atoms with van der Waals surface area (Å²) in [5.41, 5.74) is 1.04. The summed E-state index contributed by atoms with van der Waals surface area (Å²) in [5.74, 6) is -0.335. The third-order valence-corrected chi connectivity index (χ3v) is 3.85. The maximum absolute atomic E-state index is 12.1. The number of carbonyl (C=O) groups excluding carboxylic acids is 1. The third kappa shape index (κ3) is 4.43. The highest BCUT2D eigenvalue weighted by molar-refractivity contribution is 6.30. The zero-order valence-electron chi connectivity index (χ0n) is 13.0. The summed E-state index contributed by atoms with van der Waals surface area (Å²) in [5, 5.41) is 13.6. The van der Waals surface area contributed by atoms with Crippen LogP contribution in [0.1, 0.15) is 24.2 Å². The van der Waals surface area contributed by atoms with Gasteiger partial charge in [-0.25, -0.2) is 0 Å². The van der Waals surface area contributed by atoms with Crippen molar-refractivity contribution < 1.29 is 9.90 Å². The molecule has 5 nitrogen and oxygen atoms in total. The molecular weight excluding hydrogens is 316 g/mol. The standard InChI is InChI=1S/C17H19ClN2O3/c1-11-4-3-9-20(17(11)23)10-15(21)19-12(2)16(22)13-5-7-14(18)8-6-13/h3-9,12,16,22H,10H2,1-2H3,(H,19,21). The highest BCUT2D eigenvalue weighted by Gasteiger charge is 2.18. The minimum atomic E-state index is -0.856. The Bertz CT molecular complexity index is 740. The van der Waals surface area contributed by atoms with Crippen molar-refractivity contribution in [2.45, 2.75) is 32.5 Å². The lowest BCUT2D eigenvalue weighted by atomic mass is 10.0. The molecule has 1 aromatic carbocycles. The Labute approximate surface area is 139 Å². The predicted octanol–water partition coefficient (Wildman–Crippen LogP) is 2.05. The number of aromatic nitrogens is 1. The monoisotopic (exact) mass is 334 g/mol. The van der Waals surface area contributed by atoms with Gasteiger partial charge in [0.15, 0.2) is 0 Å². The van der Waals surface area contributed by atoms with Crippen molar-refractivity contribution in [3.05, 3.63) is 69.1 Å². The molecule has 2 rings (SSSR count). The zero-order valence-corrected chi connectivity index (χ0v) is 13.7. The summed E-state index contributed by atoms with van der Waals surface area (Å²) in [6.45, 7) is 3.32. The smallest absolute Gasteiger partial charge is 0.253 e. The van der Waals surface area contributed by atoms with Crippen LogP contribution in [0.2, 0.25) is 5.02 Å². The van der Waals surface area contributed by atoms with Crippen molar-refractivity contribution >= 4 is 17.5 Å². The number of halogens is 1. The molecule has 0 saturated carbocycles. The quantitative estimate of drug-likeness (QED) is 0.879. The normalized spacial score (nSPS) is 13.4. The molecule has 0 aliphatic heterocycles. The summed E-state index contributed by atoms with van der Waals surface area (Å²) in [7, 11) is 0. The van der Waals surface area contributed by atoms with E-state index >= 15 is 0 Å². The Balaban J connectivity index is 2.00. The van der Waals surface area contributed by atoms with Crippen LogP contribution in [0, 0.1) is 6.92 Å². The molecule has 0 saturated heterocycles. The lowest BCUT2D eigenvalue weighted by molar-refractivity contribution is -0.123. The molecule has 0 aliphatic rings. The molecule has 0 aliphatic carbocycles. The van der Waals surface area contributed by atoms with E-state index in [4.69, 9.17) is 11.6 Å². The summed E-state index contributed by atoms with van der Waals surface area (Å²) < 4.78 is 1.34. The number of aliphatic hydroxyl groups excluding tert-OH is 1. The second-order valence-electron chi connectivity index (χ2n) is 5.48. The lowest BCUT2D eigenvalue weighted by Gasteiger charge is -2.21. The van der Waals surface area contributed by atoms with Gasteiger partial charge in [-0.1, -0.05) is 29.8 Å². The van der Waals surface area contributed by atoms with Crippen molar-refractivity contribution in [1.29, 1.82) is 0 Å². The predicted molar refractivity (Wildman–Crippen MR) is 89.5 cm³/mol. The van der Waals surface area contributed by atoms with Crippen molar-refractivity contribution in [1.82, 2.24) is 9.88 Å². The average Bonchev–Trinajstić information content (AvgIpc) is 2.52. The van der Waals surface area contributed by atoms with E-state index in [0.717, 1.165) is 0 Å². The highest BCUT2D eigenvalue weighted by atomic mass is 35.5. The number of benzene rings is 1. The molecule has 0 spiro atoms. The van der Waals surface area contributed by atoms with Gasteiger partial charge in [0.2, 0.25) is 5.91 Å². The number of hydrogen-bond donors (Lipinski definition) is 2. The average molecular weight is 335 g/mol. The first-order valence-corrected chi connectivity index (χ1v) is 7.65. The van der Waals surface area contributed by atoms with E-state index in [9.17, 15) is 14.7 Å². The number of carbonyl (C=O) groups is 1. The third-order valence-electron chi connectivity index (χ3n) is 3.60. The molecular formula is C17H19ClN2O3. The van der Waals surface area contributed by atoms with Gasteiger partial charge in [-0.05, 0) is 37.6 Å². The summed E-state index contributed by atoms with van der Waals surface area (Å²) >= 11 is 5.81. The summed E-state index contributed by atoms with van der Waals surface area (Å²) in [6.07, 6.45) is 0.709. The Hall–Kier alpha value is -2.11. The van der Waals surface area contributed by atoms with Gasteiger partial charge in [0.1, 0.15) is 6.54 Å². The van der Waals surface area contributed by atoms with E-state index in [1.165, 1.54) is 4.57 Å². The van der Waals surface area contributed by atoms with E-state index in [1.54, 1.807) is 56.4 Å². The van der Waals surface area contributed by atoms with Crippen LogP contribution >= 0.6 is 11.6 Å². The van der Waals surface area contributed by atoms with Crippen LogP contribution in [0.4, 0.5) is 0 Å². The minimum Gasteiger partial charge on any atom is -0.386 e. The van der Waals surface area contributed by atoms with Gasteiger partial charge in [0.25, 0.3) is 5.56 Å². The number of nitrogens with one attached hydrogen (secondary N) is 1.